The number of carbonyl (C=O) groups is 1. The number of aliphatic imine (C=N–C) groups is 1. The predicted molar refractivity (Wildman–Crippen MR) is 146 cm³/mol. The Kier molecular flexibility index (Phi) is 13.9. The number of nitrogens with zero attached hydrogens (tertiary/aromatic N) is 3. The molecule has 2 rings (SSSR count). The molecule has 1 saturated heterocycles. The molecule has 0 aliphatic carbocycles. The summed E-state index contributed by atoms with van der Waals surface area (Å²) in [6.45, 7) is 16.3. The van der Waals surface area contributed by atoms with E-state index in [2.05, 4.69) is 50.2 Å². The Morgan fingerprint density at radius 3 is 2.22 bits per heavy atom. The topological polar surface area (TPSA) is 60.0 Å². The number of benzene rings is 1. The van der Waals surface area contributed by atoms with Gasteiger partial charge in [0.25, 0.3) is 5.91 Å². The minimum atomic E-state index is 0. The van der Waals surface area contributed by atoms with Crippen LogP contribution in [0.1, 0.15) is 76.2 Å². The van der Waals surface area contributed by atoms with Crippen LogP contribution in [0, 0.1) is 0 Å². The van der Waals surface area contributed by atoms with Gasteiger partial charge in [0.05, 0.1) is 6.54 Å². The third-order valence-electron chi connectivity index (χ3n) is 5.82. The lowest BCUT2D eigenvalue weighted by molar-refractivity contribution is 0.0724. The fourth-order valence-electron chi connectivity index (χ4n) is 4.13. The molecule has 182 valence electrons. The van der Waals surface area contributed by atoms with Crippen LogP contribution in [0.25, 0.3) is 0 Å². The number of hydrogen-bond donors (Lipinski definition) is 2. The second kappa shape index (κ2) is 15.5. The molecule has 0 radical (unpaired) electrons. The first-order chi connectivity index (χ1) is 14.9. The van der Waals surface area contributed by atoms with Crippen LogP contribution in [-0.2, 0) is 6.54 Å². The first-order valence-electron chi connectivity index (χ1n) is 12.1. The fourth-order valence-corrected chi connectivity index (χ4v) is 4.13. The molecule has 1 aliphatic heterocycles. The molecule has 2 N–H and O–H groups in total. The lowest BCUT2D eigenvalue weighted by atomic mass is 10.1. The van der Waals surface area contributed by atoms with Crippen LogP contribution >= 0.6 is 24.0 Å². The van der Waals surface area contributed by atoms with Crippen molar-refractivity contribution in [2.75, 3.05) is 32.7 Å². The molecule has 1 fully saturated rings. The Morgan fingerprint density at radius 1 is 1.03 bits per heavy atom. The Bertz CT molecular complexity index is 676. The van der Waals surface area contributed by atoms with E-state index in [9.17, 15) is 4.79 Å². The Balaban J connectivity index is 0.00000512. The third kappa shape index (κ3) is 9.65. The van der Waals surface area contributed by atoms with Gasteiger partial charge < -0.3 is 15.5 Å². The molecule has 0 aromatic heterocycles. The van der Waals surface area contributed by atoms with E-state index in [0.29, 0.717) is 18.6 Å². The highest BCUT2D eigenvalue weighted by atomic mass is 127. The molecule has 0 bridgehead atoms. The number of guanidine groups is 1. The van der Waals surface area contributed by atoms with E-state index in [0.717, 1.165) is 69.1 Å². The molecule has 0 spiro atoms. The maximum absolute atomic E-state index is 12.6. The summed E-state index contributed by atoms with van der Waals surface area (Å²) in [6, 6.07) is 9.04. The highest BCUT2D eigenvalue weighted by Crippen LogP contribution is 2.14. The molecule has 7 heteroatoms. The normalized spacial score (nSPS) is 14.6. The zero-order valence-corrected chi connectivity index (χ0v) is 23.0. The summed E-state index contributed by atoms with van der Waals surface area (Å²) < 4.78 is 0. The number of carbonyl (C=O) groups excluding carboxylic acids is 1. The SMILES string of the molecule is CCNC(=NCc1ccc(C(=O)N2CCCCC2)cc1)NCCCN(C(C)C)C(C)C.I. The van der Waals surface area contributed by atoms with Gasteiger partial charge in [0, 0.05) is 50.4 Å². The van der Waals surface area contributed by atoms with Crippen molar-refractivity contribution >= 4 is 35.8 Å². The van der Waals surface area contributed by atoms with E-state index >= 15 is 0 Å². The van der Waals surface area contributed by atoms with E-state index in [-0.39, 0.29) is 29.9 Å². The lowest BCUT2D eigenvalue weighted by Gasteiger charge is -2.30. The molecule has 1 aliphatic rings. The van der Waals surface area contributed by atoms with Crippen molar-refractivity contribution in [1.29, 1.82) is 0 Å². The molecule has 32 heavy (non-hydrogen) atoms. The fraction of sp³-hybridized carbons (Fsp3) is 0.680. The predicted octanol–water partition coefficient (Wildman–Crippen LogP) is 4.49. The molecule has 1 aromatic rings. The monoisotopic (exact) mass is 557 g/mol. The van der Waals surface area contributed by atoms with Crippen molar-refractivity contribution in [3.63, 3.8) is 0 Å². The number of halogens is 1. The zero-order chi connectivity index (χ0) is 22.6. The summed E-state index contributed by atoms with van der Waals surface area (Å²) in [4.78, 5) is 21.8. The second-order valence-electron chi connectivity index (χ2n) is 8.95. The van der Waals surface area contributed by atoms with E-state index in [1.165, 1.54) is 6.42 Å². The maximum Gasteiger partial charge on any atom is 0.253 e. The number of piperidine rings is 1. The highest BCUT2D eigenvalue weighted by molar-refractivity contribution is 14.0. The molecular formula is C25H44IN5O. The van der Waals surface area contributed by atoms with Gasteiger partial charge in [-0.3, -0.25) is 9.69 Å². The van der Waals surface area contributed by atoms with Gasteiger partial charge in [-0.05, 0) is 78.0 Å². The van der Waals surface area contributed by atoms with Crippen LogP contribution < -0.4 is 10.6 Å². The highest BCUT2D eigenvalue weighted by Gasteiger charge is 2.17. The number of amides is 1. The van der Waals surface area contributed by atoms with Crippen molar-refractivity contribution in [1.82, 2.24) is 20.4 Å². The average molecular weight is 558 g/mol. The van der Waals surface area contributed by atoms with E-state index in [4.69, 9.17) is 4.99 Å². The quantitative estimate of drug-likeness (QED) is 0.193. The molecular weight excluding hydrogens is 513 g/mol. The zero-order valence-electron chi connectivity index (χ0n) is 20.7. The first-order valence-corrected chi connectivity index (χ1v) is 12.1. The van der Waals surface area contributed by atoms with Crippen LogP contribution in [0.2, 0.25) is 0 Å². The van der Waals surface area contributed by atoms with E-state index < -0.39 is 0 Å². The van der Waals surface area contributed by atoms with Gasteiger partial charge in [0.1, 0.15) is 0 Å². The van der Waals surface area contributed by atoms with Crippen molar-refractivity contribution < 1.29 is 4.79 Å². The Labute approximate surface area is 212 Å². The van der Waals surface area contributed by atoms with Crippen molar-refractivity contribution in [3.8, 4) is 0 Å². The summed E-state index contributed by atoms with van der Waals surface area (Å²) in [6.07, 6.45) is 4.54. The summed E-state index contributed by atoms with van der Waals surface area (Å²) in [5, 5.41) is 6.77. The van der Waals surface area contributed by atoms with Gasteiger partial charge in [-0.15, -0.1) is 24.0 Å². The van der Waals surface area contributed by atoms with E-state index in [1.54, 1.807) is 0 Å². The number of rotatable bonds is 10. The molecule has 0 atom stereocenters. The summed E-state index contributed by atoms with van der Waals surface area (Å²) in [5.41, 5.74) is 1.89. The Morgan fingerprint density at radius 2 is 1.66 bits per heavy atom. The minimum absolute atomic E-state index is 0. The van der Waals surface area contributed by atoms with Gasteiger partial charge >= 0.3 is 0 Å². The van der Waals surface area contributed by atoms with Crippen LogP contribution in [0.15, 0.2) is 29.3 Å². The second-order valence-corrected chi connectivity index (χ2v) is 8.95. The van der Waals surface area contributed by atoms with Crippen LogP contribution in [0.3, 0.4) is 0 Å². The molecule has 1 aromatic carbocycles. The number of hydrogen-bond acceptors (Lipinski definition) is 3. The van der Waals surface area contributed by atoms with Crippen molar-refractivity contribution in [3.05, 3.63) is 35.4 Å². The van der Waals surface area contributed by atoms with Gasteiger partial charge in [0.15, 0.2) is 5.96 Å². The smallest absolute Gasteiger partial charge is 0.253 e. The number of likely N-dealkylation sites (tertiary alicyclic amines) is 1. The summed E-state index contributed by atoms with van der Waals surface area (Å²) in [7, 11) is 0. The average Bonchev–Trinajstić information content (AvgIpc) is 2.77. The minimum Gasteiger partial charge on any atom is -0.357 e. The van der Waals surface area contributed by atoms with Crippen molar-refractivity contribution in [2.24, 2.45) is 4.99 Å². The molecule has 0 saturated carbocycles. The van der Waals surface area contributed by atoms with Crippen LogP contribution in [0.4, 0.5) is 0 Å². The van der Waals surface area contributed by atoms with Crippen LogP contribution in [-0.4, -0.2) is 66.5 Å². The van der Waals surface area contributed by atoms with Gasteiger partial charge in [0.2, 0.25) is 0 Å². The maximum atomic E-state index is 12.6. The molecule has 1 amide bonds. The number of nitrogens with one attached hydrogen (secondary N) is 2. The van der Waals surface area contributed by atoms with Crippen LogP contribution in [0.5, 0.6) is 0 Å². The Hall–Kier alpha value is -1.35. The third-order valence-corrected chi connectivity index (χ3v) is 5.82. The van der Waals surface area contributed by atoms with Crippen molar-refractivity contribution in [2.45, 2.75) is 78.9 Å². The lowest BCUT2D eigenvalue weighted by Crippen LogP contribution is -2.41. The summed E-state index contributed by atoms with van der Waals surface area (Å²) >= 11 is 0. The first kappa shape index (κ1) is 28.7. The molecule has 6 nitrogen and oxygen atoms in total. The van der Waals surface area contributed by atoms with E-state index in [1.807, 2.05) is 29.2 Å². The molecule has 0 unspecified atom stereocenters. The van der Waals surface area contributed by atoms with Gasteiger partial charge in [-0.2, -0.15) is 0 Å². The summed E-state index contributed by atoms with van der Waals surface area (Å²) in [5.74, 6) is 0.998. The molecule has 1 heterocycles. The standard InChI is InChI=1S/C25H43N5O.HI/c1-6-26-25(27-15-10-18-30(20(2)3)21(4)5)28-19-22-11-13-23(14-12-22)24(31)29-16-8-7-9-17-29;/h11-14,20-21H,6-10,15-19H2,1-5H3,(H2,26,27,28);1H. The largest absolute Gasteiger partial charge is 0.357 e. The van der Waals surface area contributed by atoms with Gasteiger partial charge in [-0.25, -0.2) is 4.99 Å². The van der Waals surface area contributed by atoms with Gasteiger partial charge in [-0.1, -0.05) is 12.1 Å².